The Hall–Kier alpha value is -3.12. The molecule has 2 aromatic heterocycles. The van der Waals surface area contributed by atoms with E-state index in [4.69, 9.17) is 16.1 Å². The normalized spacial score (nSPS) is 10.9. The number of nitrogens with one attached hydrogen (secondary N) is 1. The standard InChI is InChI=1S/C20H18ClN5O/c1-26(16-5-3-2-4-6-16)12-11-22-19-17-18(14-7-9-15(21)10-8-14)25-27-20(17)24-13-23-19/h2-10,13H,11-12H2,1H3,(H,22,23,24). The monoisotopic (exact) mass is 379 g/mol. The molecule has 6 nitrogen and oxygen atoms in total. The fourth-order valence-electron chi connectivity index (χ4n) is 2.88. The number of rotatable bonds is 6. The van der Waals surface area contributed by atoms with Gasteiger partial charge in [-0.25, -0.2) is 4.98 Å². The Morgan fingerprint density at radius 2 is 1.81 bits per heavy atom. The highest BCUT2D eigenvalue weighted by Gasteiger charge is 2.16. The molecule has 0 unspecified atom stereocenters. The second kappa shape index (κ2) is 7.63. The van der Waals surface area contributed by atoms with Gasteiger partial charge in [-0.1, -0.05) is 47.1 Å². The quantitative estimate of drug-likeness (QED) is 0.532. The SMILES string of the molecule is CN(CCNc1ncnc2onc(-c3ccc(Cl)cc3)c12)c1ccccc1. The molecular weight excluding hydrogens is 362 g/mol. The van der Waals surface area contributed by atoms with Gasteiger partial charge in [-0.05, 0) is 24.3 Å². The molecule has 2 heterocycles. The van der Waals surface area contributed by atoms with Crippen molar-refractivity contribution in [2.45, 2.75) is 0 Å². The predicted molar refractivity (Wildman–Crippen MR) is 108 cm³/mol. The van der Waals surface area contributed by atoms with Gasteiger partial charge in [-0.2, -0.15) is 4.98 Å². The van der Waals surface area contributed by atoms with Crippen molar-refractivity contribution in [1.29, 1.82) is 0 Å². The summed E-state index contributed by atoms with van der Waals surface area (Å²) >= 11 is 5.99. The maximum atomic E-state index is 5.99. The van der Waals surface area contributed by atoms with E-state index in [1.165, 1.54) is 12.0 Å². The predicted octanol–water partition coefficient (Wildman–Crippen LogP) is 4.49. The highest BCUT2D eigenvalue weighted by Crippen LogP contribution is 2.31. The molecule has 7 heteroatoms. The summed E-state index contributed by atoms with van der Waals surface area (Å²) in [6.45, 7) is 1.53. The number of hydrogen-bond donors (Lipinski definition) is 1. The minimum atomic E-state index is 0.453. The number of benzene rings is 2. The molecule has 0 bridgehead atoms. The average Bonchev–Trinajstić information content (AvgIpc) is 3.14. The van der Waals surface area contributed by atoms with E-state index in [0.717, 1.165) is 17.5 Å². The lowest BCUT2D eigenvalue weighted by Gasteiger charge is -2.19. The summed E-state index contributed by atoms with van der Waals surface area (Å²) < 4.78 is 5.39. The van der Waals surface area contributed by atoms with E-state index in [2.05, 4.69) is 44.5 Å². The molecule has 0 aliphatic carbocycles. The Morgan fingerprint density at radius 3 is 2.59 bits per heavy atom. The van der Waals surface area contributed by atoms with Gasteiger partial charge < -0.3 is 14.7 Å². The maximum absolute atomic E-state index is 5.99. The van der Waals surface area contributed by atoms with Crippen LogP contribution in [0.15, 0.2) is 65.4 Å². The van der Waals surface area contributed by atoms with E-state index in [0.29, 0.717) is 28.8 Å². The van der Waals surface area contributed by atoms with Gasteiger partial charge in [0.25, 0.3) is 5.71 Å². The number of nitrogens with zero attached hydrogens (tertiary/aromatic N) is 4. The lowest BCUT2D eigenvalue weighted by atomic mass is 10.1. The highest BCUT2D eigenvalue weighted by atomic mass is 35.5. The first-order chi connectivity index (χ1) is 13.2. The molecule has 0 atom stereocenters. The summed E-state index contributed by atoms with van der Waals surface area (Å²) in [7, 11) is 2.06. The first-order valence-electron chi connectivity index (χ1n) is 8.59. The highest BCUT2D eigenvalue weighted by molar-refractivity contribution is 6.30. The van der Waals surface area contributed by atoms with Gasteiger partial charge in [0.2, 0.25) is 0 Å². The lowest BCUT2D eigenvalue weighted by Crippen LogP contribution is -2.24. The Balaban J connectivity index is 1.55. The maximum Gasteiger partial charge on any atom is 0.263 e. The molecule has 0 saturated carbocycles. The molecule has 0 fully saturated rings. The van der Waals surface area contributed by atoms with Gasteiger partial charge in [0.1, 0.15) is 23.2 Å². The largest absolute Gasteiger partial charge is 0.373 e. The first-order valence-corrected chi connectivity index (χ1v) is 8.96. The number of aromatic nitrogens is 3. The molecule has 27 heavy (non-hydrogen) atoms. The van der Waals surface area contributed by atoms with Crippen LogP contribution in [-0.2, 0) is 0 Å². The van der Waals surface area contributed by atoms with E-state index in [1.807, 2.05) is 42.5 Å². The van der Waals surface area contributed by atoms with Gasteiger partial charge in [0, 0.05) is 36.4 Å². The van der Waals surface area contributed by atoms with Crippen LogP contribution in [0.1, 0.15) is 0 Å². The zero-order valence-electron chi connectivity index (χ0n) is 14.8. The Bertz CT molecular complexity index is 1030. The van der Waals surface area contributed by atoms with Crippen molar-refractivity contribution in [3.63, 3.8) is 0 Å². The zero-order valence-corrected chi connectivity index (χ0v) is 15.5. The Labute approximate surface area is 161 Å². The summed E-state index contributed by atoms with van der Waals surface area (Å²) in [6, 6.07) is 17.7. The van der Waals surface area contributed by atoms with Crippen molar-refractivity contribution < 1.29 is 4.52 Å². The minimum Gasteiger partial charge on any atom is -0.373 e. The summed E-state index contributed by atoms with van der Waals surface area (Å²) in [5.74, 6) is 0.702. The van der Waals surface area contributed by atoms with Gasteiger partial charge in [0.15, 0.2) is 0 Å². The van der Waals surface area contributed by atoms with Crippen LogP contribution in [0.4, 0.5) is 11.5 Å². The van der Waals surface area contributed by atoms with Crippen LogP contribution in [0.25, 0.3) is 22.4 Å². The topological polar surface area (TPSA) is 67.1 Å². The molecule has 1 N–H and O–H groups in total. The average molecular weight is 380 g/mol. The second-order valence-corrected chi connectivity index (χ2v) is 6.56. The third kappa shape index (κ3) is 3.71. The van der Waals surface area contributed by atoms with Crippen molar-refractivity contribution in [2.75, 3.05) is 30.4 Å². The summed E-state index contributed by atoms with van der Waals surface area (Å²) in [5.41, 5.74) is 3.21. The van der Waals surface area contributed by atoms with Gasteiger partial charge in [-0.15, -0.1) is 0 Å². The molecule has 0 saturated heterocycles. The van der Waals surface area contributed by atoms with Crippen LogP contribution in [0, 0.1) is 0 Å². The van der Waals surface area contributed by atoms with Crippen molar-refractivity contribution in [2.24, 2.45) is 0 Å². The van der Waals surface area contributed by atoms with E-state index in [1.54, 1.807) is 0 Å². The number of para-hydroxylation sites is 1. The van der Waals surface area contributed by atoms with E-state index < -0.39 is 0 Å². The van der Waals surface area contributed by atoms with Gasteiger partial charge >= 0.3 is 0 Å². The second-order valence-electron chi connectivity index (χ2n) is 6.12. The van der Waals surface area contributed by atoms with Crippen molar-refractivity contribution in [1.82, 2.24) is 15.1 Å². The molecule has 0 aliphatic rings. The first kappa shape index (κ1) is 17.3. The zero-order chi connectivity index (χ0) is 18.6. The molecule has 136 valence electrons. The lowest BCUT2D eigenvalue weighted by molar-refractivity contribution is 0.451. The summed E-state index contributed by atoms with van der Waals surface area (Å²) in [6.07, 6.45) is 1.47. The molecule has 0 radical (unpaired) electrons. The van der Waals surface area contributed by atoms with Crippen LogP contribution in [0.5, 0.6) is 0 Å². The number of anilines is 2. The van der Waals surface area contributed by atoms with Gasteiger partial charge in [-0.3, -0.25) is 0 Å². The third-order valence-corrected chi connectivity index (χ3v) is 4.58. The fourth-order valence-corrected chi connectivity index (χ4v) is 3.01. The Kier molecular flexibility index (Phi) is 4.89. The van der Waals surface area contributed by atoms with E-state index in [9.17, 15) is 0 Å². The smallest absolute Gasteiger partial charge is 0.263 e. The minimum absolute atomic E-state index is 0.453. The third-order valence-electron chi connectivity index (χ3n) is 4.33. The van der Waals surface area contributed by atoms with Gasteiger partial charge in [0.05, 0.1) is 0 Å². The number of hydrogen-bond acceptors (Lipinski definition) is 6. The number of fused-ring (bicyclic) bond motifs is 1. The van der Waals surface area contributed by atoms with Crippen molar-refractivity contribution >= 4 is 34.2 Å². The van der Waals surface area contributed by atoms with Crippen LogP contribution in [-0.4, -0.2) is 35.3 Å². The molecule has 4 aromatic rings. The molecule has 0 aliphatic heterocycles. The number of likely N-dealkylation sites (N-methyl/N-ethyl adjacent to an activating group) is 1. The van der Waals surface area contributed by atoms with Crippen molar-refractivity contribution in [3.8, 4) is 11.3 Å². The van der Waals surface area contributed by atoms with Crippen LogP contribution >= 0.6 is 11.6 Å². The Morgan fingerprint density at radius 1 is 1.04 bits per heavy atom. The van der Waals surface area contributed by atoms with E-state index >= 15 is 0 Å². The molecule has 2 aromatic carbocycles. The number of halogens is 1. The van der Waals surface area contributed by atoms with Crippen LogP contribution in [0.3, 0.4) is 0 Å². The van der Waals surface area contributed by atoms with Crippen LogP contribution < -0.4 is 10.2 Å². The molecular formula is C20H18ClN5O. The van der Waals surface area contributed by atoms with Crippen molar-refractivity contribution in [3.05, 3.63) is 65.9 Å². The fraction of sp³-hybridized carbons (Fsp3) is 0.150. The molecule has 4 rings (SSSR count). The van der Waals surface area contributed by atoms with E-state index in [-0.39, 0.29) is 0 Å². The molecule has 0 amide bonds. The summed E-state index contributed by atoms with van der Waals surface area (Å²) in [4.78, 5) is 10.7. The summed E-state index contributed by atoms with van der Waals surface area (Å²) in [5, 5.41) is 8.99. The molecule has 0 spiro atoms. The van der Waals surface area contributed by atoms with Crippen LogP contribution in [0.2, 0.25) is 5.02 Å².